The molecule has 0 aromatic rings. The smallest absolute Gasteiger partial charge is 0.130 e. The van der Waals surface area contributed by atoms with Crippen molar-refractivity contribution in [2.75, 3.05) is 6.54 Å². The highest BCUT2D eigenvalue weighted by molar-refractivity contribution is 6.00. The van der Waals surface area contributed by atoms with Gasteiger partial charge >= 0.3 is 0 Å². The number of amidine groups is 1. The number of hydrogen-bond acceptors (Lipinski definition) is 3. The van der Waals surface area contributed by atoms with Crippen molar-refractivity contribution in [3.63, 3.8) is 0 Å². The summed E-state index contributed by atoms with van der Waals surface area (Å²) in [6, 6.07) is 2.53. The van der Waals surface area contributed by atoms with E-state index >= 15 is 0 Å². The second-order valence-corrected chi connectivity index (χ2v) is 1.80. The molecular weight excluding hydrogens is 140 g/mol. The van der Waals surface area contributed by atoms with Gasteiger partial charge in [0.25, 0.3) is 0 Å². The summed E-state index contributed by atoms with van der Waals surface area (Å²) in [5.41, 5.74) is 0. The van der Waals surface area contributed by atoms with Gasteiger partial charge in [0, 0.05) is 6.04 Å². The predicted molar refractivity (Wildman–Crippen MR) is 45.9 cm³/mol. The van der Waals surface area contributed by atoms with Gasteiger partial charge < -0.3 is 5.32 Å². The van der Waals surface area contributed by atoms with Crippen molar-refractivity contribution in [3.8, 4) is 12.0 Å². The molecule has 0 radical (unpaired) electrons. The lowest BCUT2D eigenvalue weighted by Crippen LogP contribution is -2.22. The first kappa shape index (κ1) is 7.48. The molecule has 0 aromatic carbocycles. The average Bonchev–Trinajstić information content (AvgIpc) is 2.50. The molecule has 0 fully saturated rings. The van der Waals surface area contributed by atoms with Gasteiger partial charge in [0.2, 0.25) is 0 Å². The van der Waals surface area contributed by atoms with E-state index in [-0.39, 0.29) is 0 Å². The van der Waals surface area contributed by atoms with E-state index in [1.54, 1.807) is 6.92 Å². The van der Waals surface area contributed by atoms with Gasteiger partial charge in [0.05, 0.1) is 6.54 Å². The fraction of sp³-hybridized carbons (Fsp3) is 0.286. The van der Waals surface area contributed by atoms with Crippen LogP contribution >= 0.6 is 0 Å². The van der Waals surface area contributed by atoms with Crippen LogP contribution in [0.15, 0.2) is 15.0 Å². The zero-order valence-corrected chi connectivity index (χ0v) is 6.20. The lowest BCUT2D eigenvalue weighted by Gasteiger charge is -1.92. The summed E-state index contributed by atoms with van der Waals surface area (Å²) >= 11 is 0. The van der Waals surface area contributed by atoms with Crippen molar-refractivity contribution in [1.29, 1.82) is 0 Å². The molecule has 4 nitrogen and oxygen atoms in total. The molecule has 0 aliphatic carbocycles. The molecule has 0 amide bonds. The maximum Gasteiger partial charge on any atom is 0.130 e. The van der Waals surface area contributed by atoms with E-state index in [0.717, 1.165) is 5.84 Å². The second kappa shape index (κ2) is 4.23. The third kappa shape index (κ3) is 2.63. The van der Waals surface area contributed by atoms with Crippen LogP contribution in [0.25, 0.3) is 0 Å². The summed E-state index contributed by atoms with van der Waals surface area (Å²) in [4.78, 5) is 11.5. The highest BCUT2D eigenvalue weighted by Gasteiger charge is 1.96. The molecule has 1 heterocycles. The van der Waals surface area contributed by atoms with E-state index in [1.165, 1.54) is 12.7 Å². The van der Waals surface area contributed by atoms with E-state index < -0.39 is 0 Å². The third-order valence-corrected chi connectivity index (χ3v) is 1.01. The van der Waals surface area contributed by atoms with Crippen molar-refractivity contribution in [3.05, 3.63) is 0 Å². The van der Waals surface area contributed by atoms with E-state index in [0.29, 0.717) is 6.54 Å². The van der Waals surface area contributed by atoms with Crippen molar-refractivity contribution in [2.24, 2.45) is 15.0 Å². The van der Waals surface area contributed by atoms with E-state index in [2.05, 4.69) is 32.3 Å². The first-order valence-corrected chi connectivity index (χ1v) is 3.18. The molecule has 4 heteroatoms. The van der Waals surface area contributed by atoms with Gasteiger partial charge in [-0.3, -0.25) is 4.99 Å². The first-order valence-electron chi connectivity index (χ1n) is 3.18. The monoisotopic (exact) mass is 148 g/mol. The zero-order valence-electron chi connectivity index (χ0n) is 6.20. The Bertz CT molecular complexity index is 264. The molecule has 0 atom stereocenters. The summed E-state index contributed by atoms with van der Waals surface area (Å²) < 4.78 is 0. The van der Waals surface area contributed by atoms with Crippen molar-refractivity contribution in [1.82, 2.24) is 5.32 Å². The molecule has 1 aliphatic rings. The standard InChI is InChI=1S/C7H8N4/c1-2-3-8-5-10-7-4-9-6-11-7/h5-6H,4H2,1H3,(H,8,9,10,11). The lowest BCUT2D eigenvalue weighted by atomic mass is 10.6. The summed E-state index contributed by atoms with van der Waals surface area (Å²) in [5, 5.41) is 2.85. The van der Waals surface area contributed by atoms with Crippen molar-refractivity contribution in [2.45, 2.75) is 6.92 Å². The molecule has 0 aromatic heterocycles. The van der Waals surface area contributed by atoms with E-state index in [9.17, 15) is 0 Å². The van der Waals surface area contributed by atoms with Gasteiger partial charge in [0.1, 0.15) is 18.5 Å². The normalized spacial score (nSPS) is 14.5. The van der Waals surface area contributed by atoms with Crippen molar-refractivity contribution < 1.29 is 0 Å². The molecule has 0 bridgehead atoms. The molecule has 11 heavy (non-hydrogen) atoms. The molecular formula is C7H8N4. The summed E-state index contributed by atoms with van der Waals surface area (Å²) in [6.07, 6.45) is 3.02. The van der Waals surface area contributed by atoms with Crippen molar-refractivity contribution >= 4 is 18.5 Å². The molecule has 0 unspecified atom stereocenters. The third-order valence-electron chi connectivity index (χ3n) is 1.01. The van der Waals surface area contributed by atoms with Crippen LogP contribution in [0, 0.1) is 12.0 Å². The van der Waals surface area contributed by atoms with Crippen LogP contribution in [-0.2, 0) is 0 Å². The first-order chi connectivity index (χ1) is 5.43. The Kier molecular flexibility index (Phi) is 2.87. The molecule has 56 valence electrons. The Morgan fingerprint density at radius 1 is 1.82 bits per heavy atom. The minimum atomic E-state index is 0.603. The number of hydrogen-bond donors (Lipinski definition) is 1. The van der Waals surface area contributed by atoms with Gasteiger partial charge in [-0.25, -0.2) is 4.99 Å². The maximum atomic E-state index is 3.91. The minimum Gasteiger partial charge on any atom is -0.332 e. The molecule has 1 rings (SSSR count). The minimum absolute atomic E-state index is 0.603. The topological polar surface area (TPSA) is 49.1 Å². The number of nitrogens with one attached hydrogen (secondary N) is 1. The number of aliphatic imine (C=N–C) groups is 3. The Labute approximate surface area is 65.2 Å². The zero-order chi connectivity index (χ0) is 7.94. The van der Waals surface area contributed by atoms with Gasteiger partial charge in [0.15, 0.2) is 0 Å². The quantitative estimate of drug-likeness (QED) is 0.318. The van der Waals surface area contributed by atoms with Crippen LogP contribution in [0.3, 0.4) is 0 Å². The van der Waals surface area contributed by atoms with Gasteiger partial charge in [-0.15, -0.1) is 0 Å². The van der Waals surface area contributed by atoms with Gasteiger partial charge in [-0.1, -0.05) is 5.92 Å². The second-order valence-electron chi connectivity index (χ2n) is 1.80. The maximum absolute atomic E-state index is 3.91. The van der Waals surface area contributed by atoms with Crippen LogP contribution in [-0.4, -0.2) is 25.1 Å². The summed E-state index contributed by atoms with van der Waals surface area (Å²) in [5.74, 6) is 3.43. The molecule has 0 spiro atoms. The largest absolute Gasteiger partial charge is 0.332 e. The molecule has 1 aliphatic heterocycles. The highest BCUT2D eigenvalue weighted by atomic mass is 15.1. The SMILES string of the molecule is CC#CN=CNC1=NC=NC1. The Morgan fingerprint density at radius 2 is 2.73 bits per heavy atom. The van der Waals surface area contributed by atoms with Gasteiger partial charge in [-0.05, 0) is 6.92 Å². The average molecular weight is 148 g/mol. The van der Waals surface area contributed by atoms with Crippen LogP contribution in [0.2, 0.25) is 0 Å². The van der Waals surface area contributed by atoms with Crippen LogP contribution < -0.4 is 5.32 Å². The number of rotatable bonds is 1. The van der Waals surface area contributed by atoms with Crippen LogP contribution in [0.4, 0.5) is 0 Å². The Morgan fingerprint density at radius 3 is 3.36 bits per heavy atom. The predicted octanol–water partition coefficient (Wildman–Crippen LogP) is 0.0255. The van der Waals surface area contributed by atoms with Crippen LogP contribution in [0.5, 0.6) is 0 Å². The lowest BCUT2D eigenvalue weighted by molar-refractivity contribution is 1.26. The van der Waals surface area contributed by atoms with E-state index in [4.69, 9.17) is 0 Å². The fourth-order valence-electron chi connectivity index (χ4n) is 0.565. The van der Waals surface area contributed by atoms with Crippen LogP contribution in [0.1, 0.15) is 6.92 Å². The fourth-order valence-corrected chi connectivity index (χ4v) is 0.565. The van der Waals surface area contributed by atoms with E-state index in [1.807, 2.05) is 0 Å². The Hall–Kier alpha value is -1.63. The molecule has 1 N–H and O–H groups in total. The summed E-state index contributed by atoms with van der Waals surface area (Å²) in [7, 11) is 0. The number of nitrogens with zero attached hydrogens (tertiary/aromatic N) is 3. The van der Waals surface area contributed by atoms with Gasteiger partial charge in [-0.2, -0.15) is 4.99 Å². The summed E-state index contributed by atoms with van der Waals surface area (Å²) in [6.45, 7) is 2.33. The highest BCUT2D eigenvalue weighted by Crippen LogP contribution is 1.82. The molecule has 0 saturated carbocycles. The Balaban J connectivity index is 2.26. The molecule has 0 saturated heterocycles.